The maximum Gasteiger partial charge on any atom is 0.220 e. The molecule has 1 unspecified atom stereocenters. The highest BCUT2D eigenvalue weighted by atomic mass is 19.1. The first-order valence-electron chi connectivity index (χ1n) is 8.94. The van der Waals surface area contributed by atoms with Crippen molar-refractivity contribution in [3.8, 4) is 0 Å². The molecule has 0 saturated carbocycles. The number of benzene rings is 2. The molecule has 3 nitrogen and oxygen atoms in total. The van der Waals surface area contributed by atoms with E-state index in [1.54, 1.807) is 12.1 Å². The number of rotatable bonds is 6. The normalized spacial score (nSPS) is 15.4. The predicted molar refractivity (Wildman–Crippen MR) is 97.7 cm³/mol. The molecule has 1 aliphatic heterocycles. The topological polar surface area (TPSA) is 32.3 Å². The van der Waals surface area contributed by atoms with Crippen LogP contribution in [0.4, 0.5) is 4.39 Å². The molecule has 1 N–H and O–H groups in total. The standard InChI is InChI=1S/C21H25FN2O/c1-16(24-13-12-18-4-2-3-5-19(18)15-24)14-23-21(25)11-8-17-6-9-20(22)10-7-17/h2-7,9-10,16H,8,11-15H2,1H3,(H,23,25). The van der Waals surface area contributed by atoms with Crippen LogP contribution >= 0.6 is 0 Å². The number of carbonyl (C=O) groups is 1. The second kappa shape index (κ2) is 8.26. The van der Waals surface area contributed by atoms with E-state index in [1.165, 1.54) is 23.3 Å². The van der Waals surface area contributed by atoms with Gasteiger partial charge < -0.3 is 5.32 Å². The first-order valence-corrected chi connectivity index (χ1v) is 8.94. The van der Waals surface area contributed by atoms with E-state index >= 15 is 0 Å². The highest BCUT2D eigenvalue weighted by molar-refractivity contribution is 5.76. The third-order valence-electron chi connectivity index (χ3n) is 4.93. The number of amides is 1. The molecule has 0 bridgehead atoms. The van der Waals surface area contributed by atoms with Crippen LogP contribution in [0.3, 0.4) is 0 Å². The van der Waals surface area contributed by atoms with Gasteiger partial charge in [0, 0.05) is 32.1 Å². The van der Waals surface area contributed by atoms with Crippen molar-refractivity contribution >= 4 is 5.91 Å². The maximum atomic E-state index is 12.9. The average Bonchev–Trinajstić information content (AvgIpc) is 2.65. The Hall–Kier alpha value is -2.20. The number of aryl methyl sites for hydroxylation is 1. The Labute approximate surface area is 148 Å². The molecule has 1 atom stereocenters. The Morgan fingerprint density at radius 1 is 1.16 bits per heavy atom. The largest absolute Gasteiger partial charge is 0.355 e. The molecule has 4 heteroatoms. The van der Waals surface area contributed by atoms with Gasteiger partial charge >= 0.3 is 0 Å². The second-order valence-electron chi connectivity index (χ2n) is 6.77. The molecule has 1 amide bonds. The van der Waals surface area contributed by atoms with Gasteiger partial charge in [-0.1, -0.05) is 36.4 Å². The van der Waals surface area contributed by atoms with E-state index in [9.17, 15) is 9.18 Å². The summed E-state index contributed by atoms with van der Waals surface area (Å²) in [5.41, 5.74) is 3.81. The van der Waals surface area contributed by atoms with Crippen molar-refractivity contribution in [1.29, 1.82) is 0 Å². The van der Waals surface area contributed by atoms with E-state index in [4.69, 9.17) is 0 Å². The summed E-state index contributed by atoms with van der Waals surface area (Å²) in [5, 5.41) is 3.03. The lowest BCUT2D eigenvalue weighted by atomic mass is 9.99. The molecule has 2 aromatic carbocycles. The Morgan fingerprint density at radius 2 is 1.88 bits per heavy atom. The van der Waals surface area contributed by atoms with Crippen molar-refractivity contribution < 1.29 is 9.18 Å². The third-order valence-corrected chi connectivity index (χ3v) is 4.93. The predicted octanol–water partition coefficient (Wildman–Crippen LogP) is 3.32. The van der Waals surface area contributed by atoms with Gasteiger partial charge in [0.2, 0.25) is 5.91 Å². The first-order chi connectivity index (χ1) is 12.1. The van der Waals surface area contributed by atoms with Crippen molar-refractivity contribution in [2.45, 2.75) is 38.8 Å². The van der Waals surface area contributed by atoms with E-state index < -0.39 is 0 Å². The summed E-state index contributed by atoms with van der Waals surface area (Å²) in [7, 11) is 0. The highest BCUT2D eigenvalue weighted by Crippen LogP contribution is 2.19. The number of nitrogens with one attached hydrogen (secondary N) is 1. The van der Waals surface area contributed by atoms with Crippen LogP contribution in [-0.2, 0) is 24.2 Å². The summed E-state index contributed by atoms with van der Waals surface area (Å²) < 4.78 is 12.9. The molecule has 0 aromatic heterocycles. The highest BCUT2D eigenvalue weighted by Gasteiger charge is 2.20. The lowest BCUT2D eigenvalue weighted by Gasteiger charge is -2.33. The molecular weight excluding hydrogens is 315 g/mol. The number of hydrogen-bond acceptors (Lipinski definition) is 2. The lowest BCUT2D eigenvalue weighted by Crippen LogP contribution is -2.44. The Balaban J connectivity index is 1.42. The Morgan fingerprint density at radius 3 is 2.64 bits per heavy atom. The van der Waals surface area contributed by atoms with Gasteiger partial charge in [-0.25, -0.2) is 4.39 Å². The minimum Gasteiger partial charge on any atom is -0.355 e. The lowest BCUT2D eigenvalue weighted by molar-refractivity contribution is -0.121. The number of hydrogen-bond donors (Lipinski definition) is 1. The molecule has 0 spiro atoms. The molecule has 1 aliphatic rings. The summed E-state index contributed by atoms with van der Waals surface area (Å²) in [6.45, 7) is 4.80. The molecule has 25 heavy (non-hydrogen) atoms. The number of carbonyl (C=O) groups excluding carboxylic acids is 1. The maximum absolute atomic E-state index is 12.9. The molecular formula is C21H25FN2O. The Bertz CT molecular complexity index is 714. The molecule has 1 heterocycles. The summed E-state index contributed by atoms with van der Waals surface area (Å²) in [4.78, 5) is 14.5. The Kier molecular flexibility index (Phi) is 5.82. The zero-order valence-corrected chi connectivity index (χ0v) is 14.7. The van der Waals surface area contributed by atoms with Crippen LogP contribution in [0.25, 0.3) is 0 Å². The molecule has 132 valence electrons. The van der Waals surface area contributed by atoms with Crippen molar-refractivity contribution in [1.82, 2.24) is 10.2 Å². The number of fused-ring (bicyclic) bond motifs is 1. The van der Waals surface area contributed by atoms with Gasteiger partial charge in [-0.05, 0) is 48.6 Å². The van der Waals surface area contributed by atoms with Crippen LogP contribution in [0.2, 0.25) is 0 Å². The van der Waals surface area contributed by atoms with Crippen LogP contribution in [0.1, 0.15) is 30.0 Å². The van der Waals surface area contributed by atoms with Gasteiger partial charge in [0.05, 0.1) is 0 Å². The van der Waals surface area contributed by atoms with Crippen LogP contribution in [0, 0.1) is 5.82 Å². The van der Waals surface area contributed by atoms with Gasteiger partial charge in [0.1, 0.15) is 5.82 Å². The van der Waals surface area contributed by atoms with Crippen molar-refractivity contribution in [2.75, 3.05) is 13.1 Å². The van der Waals surface area contributed by atoms with Crippen LogP contribution in [-0.4, -0.2) is 29.9 Å². The average molecular weight is 340 g/mol. The summed E-state index contributed by atoms with van der Waals surface area (Å²) >= 11 is 0. The van der Waals surface area contributed by atoms with Gasteiger partial charge in [0.15, 0.2) is 0 Å². The monoisotopic (exact) mass is 340 g/mol. The van der Waals surface area contributed by atoms with Gasteiger partial charge in [-0.15, -0.1) is 0 Å². The van der Waals surface area contributed by atoms with E-state index in [0.29, 0.717) is 25.4 Å². The molecule has 0 aliphatic carbocycles. The van der Waals surface area contributed by atoms with Gasteiger partial charge in [-0.2, -0.15) is 0 Å². The smallest absolute Gasteiger partial charge is 0.220 e. The zero-order chi connectivity index (χ0) is 17.6. The molecule has 0 fully saturated rings. The molecule has 0 saturated heterocycles. The van der Waals surface area contributed by atoms with E-state index in [1.807, 2.05) is 0 Å². The van der Waals surface area contributed by atoms with Crippen LogP contribution in [0.15, 0.2) is 48.5 Å². The number of nitrogens with zero attached hydrogens (tertiary/aromatic N) is 1. The quantitative estimate of drug-likeness (QED) is 0.875. The SMILES string of the molecule is CC(CNC(=O)CCc1ccc(F)cc1)N1CCc2ccccc2C1. The minimum atomic E-state index is -0.245. The molecule has 3 rings (SSSR count). The third kappa shape index (κ3) is 4.89. The van der Waals surface area contributed by atoms with E-state index in [0.717, 1.165) is 25.1 Å². The minimum absolute atomic E-state index is 0.0496. The fourth-order valence-corrected chi connectivity index (χ4v) is 3.28. The molecule has 2 aromatic rings. The van der Waals surface area contributed by atoms with Crippen LogP contribution in [0.5, 0.6) is 0 Å². The van der Waals surface area contributed by atoms with Crippen molar-refractivity contribution in [3.63, 3.8) is 0 Å². The molecule has 0 radical (unpaired) electrons. The van der Waals surface area contributed by atoms with Crippen molar-refractivity contribution in [2.24, 2.45) is 0 Å². The van der Waals surface area contributed by atoms with Crippen LogP contribution < -0.4 is 5.32 Å². The van der Waals surface area contributed by atoms with Crippen molar-refractivity contribution in [3.05, 3.63) is 71.0 Å². The summed E-state index contributed by atoms with van der Waals surface area (Å²) in [5.74, 6) is -0.196. The fraction of sp³-hybridized carbons (Fsp3) is 0.381. The van der Waals surface area contributed by atoms with E-state index in [2.05, 4.69) is 41.4 Å². The van der Waals surface area contributed by atoms with E-state index in [-0.39, 0.29) is 11.7 Å². The fourth-order valence-electron chi connectivity index (χ4n) is 3.28. The van der Waals surface area contributed by atoms with Gasteiger partial charge in [-0.3, -0.25) is 9.69 Å². The zero-order valence-electron chi connectivity index (χ0n) is 14.7. The summed E-state index contributed by atoms with van der Waals surface area (Å²) in [6.07, 6.45) is 2.14. The second-order valence-corrected chi connectivity index (χ2v) is 6.77. The van der Waals surface area contributed by atoms with Gasteiger partial charge in [0.25, 0.3) is 0 Å². The summed E-state index contributed by atoms with van der Waals surface area (Å²) in [6, 6.07) is 15.2. The first kappa shape index (κ1) is 17.6. The number of halogens is 1.